The van der Waals surface area contributed by atoms with Crippen molar-refractivity contribution < 1.29 is 4.74 Å². The minimum atomic E-state index is -0.137. The van der Waals surface area contributed by atoms with Gasteiger partial charge in [0.05, 0.1) is 5.69 Å². The number of nitrogens with zero attached hydrogens (tertiary/aromatic N) is 1. The van der Waals surface area contributed by atoms with Crippen LogP contribution < -0.4 is 5.73 Å². The third-order valence-corrected chi connectivity index (χ3v) is 5.31. The van der Waals surface area contributed by atoms with Gasteiger partial charge in [0.15, 0.2) is 0 Å². The van der Waals surface area contributed by atoms with Crippen LogP contribution in [0.25, 0.3) is 0 Å². The van der Waals surface area contributed by atoms with Crippen molar-refractivity contribution in [2.75, 3.05) is 7.11 Å². The molecule has 1 heterocycles. The van der Waals surface area contributed by atoms with Crippen molar-refractivity contribution in [3.8, 4) is 0 Å². The third kappa shape index (κ3) is 3.18. The van der Waals surface area contributed by atoms with Gasteiger partial charge in [-0.25, -0.2) is 4.98 Å². The highest BCUT2D eigenvalue weighted by Crippen LogP contribution is 2.42. The Labute approximate surface area is 120 Å². The number of ether oxygens (including phenoxy) is 1. The van der Waals surface area contributed by atoms with E-state index in [0.29, 0.717) is 12.5 Å². The summed E-state index contributed by atoms with van der Waals surface area (Å²) in [7, 11) is 1.83. The number of methoxy groups -OCH3 is 1. The van der Waals surface area contributed by atoms with Crippen molar-refractivity contribution in [2.24, 2.45) is 11.7 Å². The maximum atomic E-state index is 5.89. The van der Waals surface area contributed by atoms with Gasteiger partial charge in [0, 0.05) is 18.5 Å². The lowest BCUT2D eigenvalue weighted by Crippen LogP contribution is -2.31. The number of nitrogens with two attached hydrogens (primary N) is 1. The fourth-order valence-electron chi connectivity index (χ4n) is 2.91. The SMILES string of the molecule is COC1(c2nc(CC(C)C)c(CN)s2)CCCCC1. The van der Waals surface area contributed by atoms with Crippen molar-refractivity contribution in [1.82, 2.24) is 4.98 Å². The first-order valence-electron chi connectivity index (χ1n) is 7.35. The molecule has 0 amide bonds. The Morgan fingerprint density at radius 3 is 2.53 bits per heavy atom. The van der Waals surface area contributed by atoms with E-state index in [0.717, 1.165) is 24.3 Å². The molecule has 0 radical (unpaired) electrons. The van der Waals surface area contributed by atoms with E-state index in [2.05, 4.69) is 13.8 Å². The van der Waals surface area contributed by atoms with E-state index in [9.17, 15) is 0 Å². The second kappa shape index (κ2) is 6.33. The predicted molar refractivity (Wildman–Crippen MR) is 80.3 cm³/mol. The van der Waals surface area contributed by atoms with Gasteiger partial charge in [-0.05, 0) is 25.2 Å². The Morgan fingerprint density at radius 2 is 2.00 bits per heavy atom. The summed E-state index contributed by atoms with van der Waals surface area (Å²) in [6, 6.07) is 0. The minimum absolute atomic E-state index is 0.137. The van der Waals surface area contributed by atoms with Crippen molar-refractivity contribution in [1.29, 1.82) is 0 Å². The highest BCUT2D eigenvalue weighted by molar-refractivity contribution is 7.11. The van der Waals surface area contributed by atoms with E-state index in [4.69, 9.17) is 15.5 Å². The summed E-state index contributed by atoms with van der Waals surface area (Å²) >= 11 is 1.77. The molecule has 2 N–H and O–H groups in total. The normalized spacial score (nSPS) is 19.0. The fraction of sp³-hybridized carbons (Fsp3) is 0.800. The summed E-state index contributed by atoms with van der Waals surface area (Å²) in [6.45, 7) is 5.05. The van der Waals surface area contributed by atoms with E-state index < -0.39 is 0 Å². The Morgan fingerprint density at radius 1 is 1.32 bits per heavy atom. The van der Waals surface area contributed by atoms with Gasteiger partial charge in [0.1, 0.15) is 10.6 Å². The highest BCUT2D eigenvalue weighted by Gasteiger charge is 2.37. The molecule has 2 rings (SSSR count). The molecule has 0 unspecified atom stereocenters. The van der Waals surface area contributed by atoms with Crippen molar-refractivity contribution in [3.05, 3.63) is 15.6 Å². The fourth-order valence-corrected chi connectivity index (χ4v) is 4.10. The maximum absolute atomic E-state index is 5.89. The van der Waals surface area contributed by atoms with Crippen LogP contribution in [0.3, 0.4) is 0 Å². The summed E-state index contributed by atoms with van der Waals surface area (Å²) < 4.78 is 5.89. The van der Waals surface area contributed by atoms with E-state index in [1.807, 2.05) is 7.11 Å². The Bertz CT molecular complexity index is 408. The third-order valence-electron chi connectivity index (χ3n) is 4.01. The molecule has 0 aliphatic heterocycles. The molecule has 19 heavy (non-hydrogen) atoms. The van der Waals surface area contributed by atoms with Gasteiger partial charge in [0.2, 0.25) is 0 Å². The first-order valence-corrected chi connectivity index (χ1v) is 8.17. The van der Waals surface area contributed by atoms with Gasteiger partial charge in [-0.15, -0.1) is 11.3 Å². The van der Waals surface area contributed by atoms with Crippen molar-refractivity contribution in [2.45, 2.75) is 64.5 Å². The molecule has 1 aromatic heterocycles. The largest absolute Gasteiger partial charge is 0.371 e. The van der Waals surface area contributed by atoms with Gasteiger partial charge in [0.25, 0.3) is 0 Å². The topological polar surface area (TPSA) is 48.1 Å². The lowest BCUT2D eigenvalue weighted by atomic mass is 9.85. The zero-order chi connectivity index (χ0) is 13.9. The molecule has 3 nitrogen and oxygen atoms in total. The molecule has 0 spiro atoms. The molecule has 1 aromatic rings. The molecule has 0 aromatic carbocycles. The molecular formula is C15H26N2OS. The van der Waals surface area contributed by atoms with Crippen LogP contribution in [0.1, 0.15) is 61.5 Å². The van der Waals surface area contributed by atoms with E-state index in [1.54, 1.807) is 11.3 Å². The van der Waals surface area contributed by atoms with Gasteiger partial charge >= 0.3 is 0 Å². The zero-order valence-corrected chi connectivity index (χ0v) is 13.2. The zero-order valence-electron chi connectivity index (χ0n) is 12.4. The summed E-state index contributed by atoms with van der Waals surface area (Å²) in [5, 5.41) is 1.16. The number of rotatable bonds is 5. The Kier molecular flexibility index (Phi) is 4.98. The quantitative estimate of drug-likeness (QED) is 0.897. The van der Waals surface area contributed by atoms with Crippen LogP contribution >= 0.6 is 11.3 Å². The van der Waals surface area contributed by atoms with E-state index >= 15 is 0 Å². The van der Waals surface area contributed by atoms with Crippen LogP contribution in [0.5, 0.6) is 0 Å². The van der Waals surface area contributed by atoms with Gasteiger partial charge in [-0.2, -0.15) is 0 Å². The molecular weight excluding hydrogens is 256 g/mol. The van der Waals surface area contributed by atoms with E-state index in [-0.39, 0.29) is 5.60 Å². The van der Waals surface area contributed by atoms with Crippen LogP contribution in [0.4, 0.5) is 0 Å². The Balaban J connectivity index is 2.30. The highest BCUT2D eigenvalue weighted by atomic mass is 32.1. The van der Waals surface area contributed by atoms with Crippen LogP contribution in [-0.4, -0.2) is 12.1 Å². The number of hydrogen-bond donors (Lipinski definition) is 1. The average Bonchev–Trinajstić information content (AvgIpc) is 2.82. The molecule has 1 fully saturated rings. The van der Waals surface area contributed by atoms with Crippen molar-refractivity contribution in [3.63, 3.8) is 0 Å². The van der Waals surface area contributed by atoms with Crippen LogP contribution in [0.15, 0.2) is 0 Å². The number of aromatic nitrogens is 1. The summed E-state index contributed by atoms with van der Waals surface area (Å²) in [5.74, 6) is 0.616. The summed E-state index contributed by atoms with van der Waals surface area (Å²) in [5.41, 5.74) is 6.94. The monoisotopic (exact) mass is 282 g/mol. The van der Waals surface area contributed by atoms with Gasteiger partial charge in [-0.3, -0.25) is 0 Å². The molecule has 1 saturated carbocycles. The number of hydrogen-bond acceptors (Lipinski definition) is 4. The second-order valence-electron chi connectivity index (χ2n) is 5.95. The molecule has 0 saturated heterocycles. The molecule has 4 heteroatoms. The standard InChI is InChI=1S/C15H26N2OS/c1-11(2)9-12-13(10-16)19-14(17-12)15(18-3)7-5-4-6-8-15/h11H,4-10,16H2,1-3H3. The van der Waals surface area contributed by atoms with E-state index in [1.165, 1.54) is 29.8 Å². The molecule has 0 atom stereocenters. The molecule has 108 valence electrons. The van der Waals surface area contributed by atoms with Crippen molar-refractivity contribution >= 4 is 11.3 Å². The second-order valence-corrected chi connectivity index (χ2v) is 7.03. The lowest BCUT2D eigenvalue weighted by Gasteiger charge is -2.34. The first-order chi connectivity index (χ1) is 9.11. The summed E-state index contributed by atoms with van der Waals surface area (Å²) in [4.78, 5) is 6.14. The molecule has 1 aliphatic rings. The van der Waals surface area contributed by atoms with Crippen LogP contribution in [-0.2, 0) is 23.3 Å². The Hall–Kier alpha value is -0.450. The van der Waals surface area contributed by atoms with Gasteiger partial charge < -0.3 is 10.5 Å². The molecule has 1 aliphatic carbocycles. The lowest BCUT2D eigenvalue weighted by molar-refractivity contribution is -0.0447. The smallest absolute Gasteiger partial charge is 0.125 e. The maximum Gasteiger partial charge on any atom is 0.125 e. The minimum Gasteiger partial charge on any atom is -0.371 e. The average molecular weight is 282 g/mol. The molecule has 0 bridgehead atoms. The first kappa shape index (κ1) is 14.9. The van der Waals surface area contributed by atoms with Gasteiger partial charge in [-0.1, -0.05) is 33.1 Å². The predicted octanol–water partition coefficient (Wildman–Crippen LogP) is 3.61. The summed E-state index contributed by atoms with van der Waals surface area (Å²) in [6.07, 6.45) is 7.02. The van der Waals surface area contributed by atoms with Crippen LogP contribution in [0, 0.1) is 5.92 Å². The van der Waals surface area contributed by atoms with Crippen LogP contribution in [0.2, 0.25) is 0 Å². The number of thiazole rings is 1.